The molecule has 0 radical (unpaired) electrons. The topological polar surface area (TPSA) is 30.5 Å². The first-order chi connectivity index (χ1) is 9.59. The van der Waals surface area contributed by atoms with Crippen LogP contribution in [0, 0.1) is 0 Å². The zero-order valence-corrected chi connectivity index (χ0v) is 12.7. The molecule has 1 N–H and O–H groups in total. The Bertz CT molecular complexity index is 484. The summed E-state index contributed by atoms with van der Waals surface area (Å²) in [6.45, 7) is 7.42. The van der Waals surface area contributed by atoms with Crippen LogP contribution in [0.15, 0.2) is 18.2 Å². The van der Waals surface area contributed by atoms with Crippen LogP contribution >= 0.6 is 0 Å². The van der Waals surface area contributed by atoms with Gasteiger partial charge < -0.3 is 14.8 Å². The first-order valence-electron chi connectivity index (χ1n) is 7.80. The molecule has 1 aliphatic carbocycles. The molecule has 1 aliphatic heterocycles. The third kappa shape index (κ3) is 2.64. The minimum absolute atomic E-state index is 0.113. The van der Waals surface area contributed by atoms with Crippen molar-refractivity contribution in [1.82, 2.24) is 5.32 Å². The summed E-state index contributed by atoms with van der Waals surface area (Å²) >= 11 is 0. The third-order valence-corrected chi connectivity index (χ3v) is 4.25. The summed E-state index contributed by atoms with van der Waals surface area (Å²) < 4.78 is 12.4. The molecule has 1 aromatic rings. The number of nitrogens with one attached hydrogen (secondary N) is 1. The van der Waals surface area contributed by atoms with Crippen LogP contribution in [0.1, 0.15) is 45.6 Å². The Hall–Kier alpha value is -1.22. The molecule has 0 bridgehead atoms. The van der Waals surface area contributed by atoms with Gasteiger partial charge in [0.2, 0.25) is 0 Å². The highest BCUT2D eigenvalue weighted by Gasteiger charge is 2.34. The normalized spacial score (nSPS) is 27.1. The molecule has 2 unspecified atom stereocenters. The summed E-state index contributed by atoms with van der Waals surface area (Å²) in [7, 11) is 0. The summed E-state index contributed by atoms with van der Waals surface area (Å²) in [4.78, 5) is 0. The van der Waals surface area contributed by atoms with Crippen LogP contribution in [0.2, 0.25) is 0 Å². The predicted octanol–water partition coefficient (Wildman–Crippen LogP) is 3.31. The molecule has 1 heterocycles. The SMILES string of the molecule is CCNC1CCCC1Oc1cccc2c1OC(C)(C)C2. The molecular weight excluding hydrogens is 250 g/mol. The van der Waals surface area contributed by atoms with Gasteiger partial charge in [-0.15, -0.1) is 0 Å². The third-order valence-electron chi connectivity index (χ3n) is 4.25. The van der Waals surface area contributed by atoms with Crippen molar-refractivity contribution in [3.8, 4) is 11.5 Å². The lowest BCUT2D eigenvalue weighted by Crippen LogP contribution is -2.38. The number of hydrogen-bond acceptors (Lipinski definition) is 3. The van der Waals surface area contributed by atoms with Crippen molar-refractivity contribution >= 4 is 0 Å². The van der Waals surface area contributed by atoms with E-state index in [0.29, 0.717) is 6.04 Å². The maximum absolute atomic E-state index is 6.29. The second kappa shape index (κ2) is 5.28. The van der Waals surface area contributed by atoms with Crippen molar-refractivity contribution < 1.29 is 9.47 Å². The van der Waals surface area contributed by atoms with Gasteiger partial charge in [0.05, 0.1) is 0 Å². The molecule has 1 fully saturated rings. The van der Waals surface area contributed by atoms with E-state index in [-0.39, 0.29) is 11.7 Å². The van der Waals surface area contributed by atoms with Gasteiger partial charge in [-0.1, -0.05) is 19.1 Å². The van der Waals surface area contributed by atoms with Crippen molar-refractivity contribution in [3.63, 3.8) is 0 Å². The highest BCUT2D eigenvalue weighted by atomic mass is 16.5. The molecule has 3 rings (SSSR count). The molecule has 0 spiro atoms. The summed E-state index contributed by atoms with van der Waals surface area (Å²) in [6, 6.07) is 6.75. The van der Waals surface area contributed by atoms with Gasteiger partial charge in [0, 0.05) is 18.0 Å². The molecular formula is C17H25NO2. The van der Waals surface area contributed by atoms with Gasteiger partial charge in [-0.3, -0.25) is 0 Å². The first kappa shape index (κ1) is 13.7. The van der Waals surface area contributed by atoms with E-state index in [1.165, 1.54) is 18.4 Å². The number of ether oxygens (including phenoxy) is 2. The molecule has 0 aromatic heterocycles. The standard InChI is InChI=1S/C17H25NO2/c1-4-18-13-8-6-9-14(13)19-15-10-5-7-12-11-17(2,3)20-16(12)15/h5,7,10,13-14,18H,4,6,8-9,11H2,1-3H3. The van der Waals surface area contributed by atoms with E-state index in [4.69, 9.17) is 9.47 Å². The fourth-order valence-electron chi connectivity index (χ4n) is 3.41. The summed E-state index contributed by atoms with van der Waals surface area (Å²) in [5.41, 5.74) is 1.16. The molecule has 3 nitrogen and oxygen atoms in total. The average Bonchev–Trinajstić information content (AvgIpc) is 2.93. The highest BCUT2D eigenvalue weighted by Crippen LogP contribution is 2.42. The van der Waals surface area contributed by atoms with Gasteiger partial charge in [0.25, 0.3) is 0 Å². The van der Waals surface area contributed by atoms with E-state index >= 15 is 0 Å². The quantitative estimate of drug-likeness (QED) is 0.914. The number of para-hydroxylation sites is 1. The summed E-state index contributed by atoms with van der Waals surface area (Å²) in [5, 5.41) is 3.53. The Kier molecular flexibility index (Phi) is 3.63. The number of likely N-dealkylation sites (N-methyl/N-ethyl adjacent to an activating group) is 1. The Labute approximate surface area is 121 Å². The molecule has 0 saturated heterocycles. The van der Waals surface area contributed by atoms with Gasteiger partial charge in [-0.25, -0.2) is 0 Å². The Morgan fingerprint density at radius 3 is 3.00 bits per heavy atom. The van der Waals surface area contributed by atoms with Gasteiger partial charge in [-0.05, 0) is 45.7 Å². The molecule has 1 saturated carbocycles. The lowest BCUT2D eigenvalue weighted by molar-refractivity contribution is 0.121. The maximum atomic E-state index is 6.29. The average molecular weight is 275 g/mol. The van der Waals surface area contributed by atoms with Gasteiger partial charge in [-0.2, -0.15) is 0 Å². The van der Waals surface area contributed by atoms with Crippen LogP contribution in [0.3, 0.4) is 0 Å². The van der Waals surface area contributed by atoms with Gasteiger partial charge in [0.15, 0.2) is 11.5 Å². The molecule has 0 amide bonds. The van der Waals surface area contributed by atoms with Crippen molar-refractivity contribution in [2.24, 2.45) is 0 Å². The van der Waals surface area contributed by atoms with Crippen LogP contribution in [0.25, 0.3) is 0 Å². The monoisotopic (exact) mass is 275 g/mol. The number of fused-ring (bicyclic) bond motifs is 1. The number of hydrogen-bond donors (Lipinski definition) is 1. The zero-order chi connectivity index (χ0) is 14.2. The predicted molar refractivity (Wildman–Crippen MR) is 80.6 cm³/mol. The Balaban J connectivity index is 1.78. The van der Waals surface area contributed by atoms with E-state index in [1.54, 1.807) is 0 Å². The van der Waals surface area contributed by atoms with Crippen LogP contribution in [0.5, 0.6) is 11.5 Å². The van der Waals surface area contributed by atoms with Crippen LogP contribution in [0.4, 0.5) is 0 Å². The molecule has 3 heteroatoms. The maximum Gasteiger partial charge on any atom is 0.165 e. The van der Waals surface area contributed by atoms with Crippen molar-refractivity contribution in [2.75, 3.05) is 6.54 Å². The van der Waals surface area contributed by atoms with E-state index in [9.17, 15) is 0 Å². The fraction of sp³-hybridized carbons (Fsp3) is 0.647. The number of benzene rings is 1. The summed E-state index contributed by atoms with van der Waals surface area (Å²) in [5.74, 6) is 1.88. The van der Waals surface area contributed by atoms with E-state index in [2.05, 4.69) is 38.2 Å². The van der Waals surface area contributed by atoms with E-state index in [0.717, 1.165) is 30.9 Å². The van der Waals surface area contributed by atoms with Gasteiger partial charge >= 0.3 is 0 Å². The molecule has 2 atom stereocenters. The molecule has 110 valence electrons. The molecule has 1 aromatic carbocycles. The Morgan fingerprint density at radius 1 is 1.35 bits per heavy atom. The second-order valence-corrected chi connectivity index (χ2v) is 6.53. The van der Waals surface area contributed by atoms with Crippen LogP contribution < -0.4 is 14.8 Å². The fourth-order valence-corrected chi connectivity index (χ4v) is 3.41. The largest absolute Gasteiger partial charge is 0.485 e. The minimum atomic E-state index is -0.113. The van der Waals surface area contributed by atoms with E-state index in [1.807, 2.05) is 6.07 Å². The lowest BCUT2D eigenvalue weighted by Gasteiger charge is -2.24. The van der Waals surface area contributed by atoms with E-state index < -0.39 is 0 Å². The second-order valence-electron chi connectivity index (χ2n) is 6.53. The molecule has 20 heavy (non-hydrogen) atoms. The minimum Gasteiger partial charge on any atom is -0.485 e. The number of rotatable bonds is 4. The van der Waals surface area contributed by atoms with Crippen LogP contribution in [-0.4, -0.2) is 24.3 Å². The first-order valence-corrected chi connectivity index (χ1v) is 7.80. The highest BCUT2D eigenvalue weighted by molar-refractivity contribution is 5.50. The Morgan fingerprint density at radius 2 is 2.20 bits per heavy atom. The van der Waals surface area contributed by atoms with Gasteiger partial charge in [0.1, 0.15) is 11.7 Å². The van der Waals surface area contributed by atoms with Crippen LogP contribution in [-0.2, 0) is 6.42 Å². The zero-order valence-electron chi connectivity index (χ0n) is 12.7. The molecule has 2 aliphatic rings. The van der Waals surface area contributed by atoms with Crippen molar-refractivity contribution in [1.29, 1.82) is 0 Å². The van der Waals surface area contributed by atoms with Crippen molar-refractivity contribution in [3.05, 3.63) is 23.8 Å². The van der Waals surface area contributed by atoms with Crippen molar-refractivity contribution in [2.45, 2.75) is 64.2 Å². The smallest absolute Gasteiger partial charge is 0.165 e. The summed E-state index contributed by atoms with van der Waals surface area (Å²) in [6.07, 6.45) is 4.81. The lowest BCUT2D eigenvalue weighted by atomic mass is 10.0.